The van der Waals surface area contributed by atoms with Gasteiger partial charge >= 0.3 is 0 Å². The minimum absolute atomic E-state index is 0.248. The van der Waals surface area contributed by atoms with Gasteiger partial charge in [-0.15, -0.1) is 0 Å². The molecule has 4 heteroatoms. The molecule has 0 saturated carbocycles. The van der Waals surface area contributed by atoms with E-state index in [0.717, 1.165) is 11.1 Å². The third-order valence-corrected chi connectivity index (χ3v) is 2.96. The highest BCUT2D eigenvalue weighted by molar-refractivity contribution is 6.03. The number of aromatic nitrogens is 1. The Bertz CT molecular complexity index is 595. The average molecular weight is 256 g/mol. The van der Waals surface area contributed by atoms with E-state index >= 15 is 0 Å². The summed E-state index contributed by atoms with van der Waals surface area (Å²) in [6, 6.07) is 9.02. The molecule has 2 rings (SSSR count). The van der Waals surface area contributed by atoms with Crippen molar-refractivity contribution in [3.05, 3.63) is 53.3 Å². The lowest BCUT2D eigenvalue weighted by Gasteiger charge is -2.12. The van der Waals surface area contributed by atoms with E-state index in [0.29, 0.717) is 17.1 Å². The summed E-state index contributed by atoms with van der Waals surface area (Å²) < 4.78 is 5.28. The van der Waals surface area contributed by atoms with Gasteiger partial charge in [-0.2, -0.15) is 0 Å². The maximum Gasteiger partial charge on any atom is 0.274 e. The second-order valence-corrected chi connectivity index (χ2v) is 4.31. The second-order valence-electron chi connectivity index (χ2n) is 4.31. The normalized spacial score (nSPS) is 10.1. The first-order chi connectivity index (χ1) is 9.11. The minimum atomic E-state index is -0.248. The Morgan fingerprint density at radius 1 is 1.21 bits per heavy atom. The van der Waals surface area contributed by atoms with Crippen molar-refractivity contribution in [2.75, 3.05) is 12.4 Å². The molecule has 1 aromatic heterocycles. The standard InChI is InChI=1S/C15H16N2O2/c1-10-8-13(14(19-3)9-11(10)2)17-15(18)12-6-4-5-7-16-12/h4-9H,1-3H3,(H,17,18). The monoisotopic (exact) mass is 256 g/mol. The number of pyridine rings is 1. The Balaban J connectivity index is 2.28. The van der Waals surface area contributed by atoms with E-state index in [9.17, 15) is 4.79 Å². The second kappa shape index (κ2) is 5.52. The number of anilines is 1. The van der Waals surface area contributed by atoms with Crippen LogP contribution in [0.5, 0.6) is 5.75 Å². The third kappa shape index (κ3) is 2.91. The van der Waals surface area contributed by atoms with Crippen molar-refractivity contribution >= 4 is 11.6 Å². The smallest absolute Gasteiger partial charge is 0.274 e. The van der Waals surface area contributed by atoms with Gasteiger partial charge in [0.15, 0.2) is 0 Å². The molecule has 0 aliphatic rings. The van der Waals surface area contributed by atoms with Crippen molar-refractivity contribution in [1.82, 2.24) is 4.98 Å². The Kier molecular flexibility index (Phi) is 3.80. The molecule has 1 aromatic carbocycles. The number of nitrogens with one attached hydrogen (secondary N) is 1. The fourth-order valence-corrected chi connectivity index (χ4v) is 1.74. The molecular formula is C15H16N2O2. The van der Waals surface area contributed by atoms with Gasteiger partial charge in [-0.1, -0.05) is 6.07 Å². The summed E-state index contributed by atoms with van der Waals surface area (Å²) in [5, 5.41) is 2.82. The van der Waals surface area contributed by atoms with Crippen LogP contribution in [0.4, 0.5) is 5.69 Å². The number of aryl methyl sites for hydroxylation is 2. The van der Waals surface area contributed by atoms with Crippen LogP contribution in [0.1, 0.15) is 21.6 Å². The van der Waals surface area contributed by atoms with Gasteiger partial charge in [-0.3, -0.25) is 9.78 Å². The predicted octanol–water partition coefficient (Wildman–Crippen LogP) is 2.96. The molecule has 1 N–H and O–H groups in total. The Hall–Kier alpha value is -2.36. The average Bonchev–Trinajstić information content (AvgIpc) is 2.43. The largest absolute Gasteiger partial charge is 0.495 e. The van der Waals surface area contributed by atoms with Crippen LogP contribution < -0.4 is 10.1 Å². The number of amides is 1. The SMILES string of the molecule is COc1cc(C)c(C)cc1NC(=O)c1ccccn1. The highest BCUT2D eigenvalue weighted by Crippen LogP contribution is 2.28. The topological polar surface area (TPSA) is 51.2 Å². The predicted molar refractivity (Wildman–Crippen MR) is 74.7 cm³/mol. The van der Waals surface area contributed by atoms with Crippen LogP contribution in [0.15, 0.2) is 36.5 Å². The van der Waals surface area contributed by atoms with Gasteiger partial charge < -0.3 is 10.1 Å². The number of methoxy groups -OCH3 is 1. The van der Waals surface area contributed by atoms with E-state index in [1.165, 1.54) is 0 Å². The molecule has 0 fully saturated rings. The maximum absolute atomic E-state index is 12.0. The van der Waals surface area contributed by atoms with Crippen molar-refractivity contribution < 1.29 is 9.53 Å². The van der Waals surface area contributed by atoms with Crippen LogP contribution >= 0.6 is 0 Å². The number of carbonyl (C=O) groups excluding carboxylic acids is 1. The molecule has 98 valence electrons. The zero-order chi connectivity index (χ0) is 13.8. The highest BCUT2D eigenvalue weighted by Gasteiger charge is 2.11. The van der Waals surface area contributed by atoms with E-state index in [-0.39, 0.29) is 5.91 Å². The lowest BCUT2D eigenvalue weighted by molar-refractivity contribution is 0.102. The lowest BCUT2D eigenvalue weighted by atomic mass is 10.1. The number of nitrogens with zero attached hydrogens (tertiary/aromatic N) is 1. The van der Waals surface area contributed by atoms with Gasteiger partial charge in [0.2, 0.25) is 0 Å². The van der Waals surface area contributed by atoms with Crippen molar-refractivity contribution in [1.29, 1.82) is 0 Å². The molecule has 4 nitrogen and oxygen atoms in total. The van der Waals surface area contributed by atoms with E-state index in [4.69, 9.17) is 4.74 Å². The fourth-order valence-electron chi connectivity index (χ4n) is 1.74. The van der Waals surface area contributed by atoms with Crippen molar-refractivity contribution in [2.45, 2.75) is 13.8 Å². The van der Waals surface area contributed by atoms with Crippen LogP contribution in [0, 0.1) is 13.8 Å². The number of rotatable bonds is 3. The molecule has 0 atom stereocenters. The molecule has 0 unspecified atom stereocenters. The number of hydrogen-bond donors (Lipinski definition) is 1. The summed E-state index contributed by atoms with van der Waals surface area (Å²) in [6.07, 6.45) is 1.59. The molecule has 0 bridgehead atoms. The minimum Gasteiger partial charge on any atom is -0.495 e. The third-order valence-electron chi connectivity index (χ3n) is 2.96. The number of hydrogen-bond acceptors (Lipinski definition) is 3. The lowest BCUT2D eigenvalue weighted by Crippen LogP contribution is -2.14. The summed E-state index contributed by atoms with van der Waals surface area (Å²) in [4.78, 5) is 16.1. The molecule has 2 aromatic rings. The first kappa shape index (κ1) is 13.1. The number of carbonyl (C=O) groups is 1. The van der Waals surface area contributed by atoms with Crippen LogP contribution in [-0.2, 0) is 0 Å². The first-order valence-electron chi connectivity index (χ1n) is 5.99. The molecule has 1 amide bonds. The van der Waals surface area contributed by atoms with Gasteiger partial charge in [0.1, 0.15) is 11.4 Å². The molecular weight excluding hydrogens is 240 g/mol. The zero-order valence-electron chi connectivity index (χ0n) is 11.2. The highest BCUT2D eigenvalue weighted by atomic mass is 16.5. The Morgan fingerprint density at radius 2 is 1.95 bits per heavy atom. The van der Waals surface area contributed by atoms with Crippen molar-refractivity contribution in [3.8, 4) is 5.75 Å². The number of benzene rings is 1. The van der Waals surface area contributed by atoms with E-state index in [1.807, 2.05) is 26.0 Å². The van der Waals surface area contributed by atoms with Crippen LogP contribution in [-0.4, -0.2) is 18.0 Å². The van der Waals surface area contributed by atoms with Crippen LogP contribution in [0.25, 0.3) is 0 Å². The molecule has 19 heavy (non-hydrogen) atoms. The van der Waals surface area contributed by atoms with E-state index in [1.54, 1.807) is 31.5 Å². The summed E-state index contributed by atoms with van der Waals surface area (Å²) in [6.45, 7) is 3.99. The van der Waals surface area contributed by atoms with Gasteiger partial charge in [0, 0.05) is 6.20 Å². The maximum atomic E-state index is 12.0. The molecule has 0 radical (unpaired) electrons. The van der Waals surface area contributed by atoms with Gasteiger partial charge in [0.25, 0.3) is 5.91 Å². The molecule has 0 aliphatic heterocycles. The quantitative estimate of drug-likeness (QED) is 0.918. The van der Waals surface area contributed by atoms with Crippen LogP contribution in [0.2, 0.25) is 0 Å². The summed E-state index contributed by atoms with van der Waals surface area (Å²) in [7, 11) is 1.58. The van der Waals surface area contributed by atoms with Crippen molar-refractivity contribution in [2.24, 2.45) is 0 Å². The molecule has 1 heterocycles. The van der Waals surface area contributed by atoms with E-state index in [2.05, 4.69) is 10.3 Å². The molecule has 0 aliphatic carbocycles. The Labute approximate surface area is 112 Å². The molecule has 0 spiro atoms. The van der Waals surface area contributed by atoms with Gasteiger partial charge in [-0.25, -0.2) is 0 Å². The fraction of sp³-hybridized carbons (Fsp3) is 0.200. The Morgan fingerprint density at radius 3 is 2.58 bits per heavy atom. The molecule has 0 saturated heterocycles. The van der Waals surface area contributed by atoms with Crippen LogP contribution in [0.3, 0.4) is 0 Å². The first-order valence-corrected chi connectivity index (χ1v) is 5.99. The summed E-state index contributed by atoms with van der Waals surface area (Å²) in [5.74, 6) is 0.398. The number of ether oxygens (including phenoxy) is 1. The zero-order valence-corrected chi connectivity index (χ0v) is 11.2. The summed E-state index contributed by atoms with van der Waals surface area (Å²) >= 11 is 0. The van der Waals surface area contributed by atoms with E-state index < -0.39 is 0 Å². The van der Waals surface area contributed by atoms with Gasteiger partial charge in [0.05, 0.1) is 12.8 Å². The summed E-state index contributed by atoms with van der Waals surface area (Å²) in [5.41, 5.74) is 3.24. The van der Waals surface area contributed by atoms with Crippen molar-refractivity contribution in [3.63, 3.8) is 0 Å². The van der Waals surface area contributed by atoms with Gasteiger partial charge in [-0.05, 0) is 49.2 Å².